The van der Waals surface area contributed by atoms with Gasteiger partial charge in [-0.25, -0.2) is 4.79 Å². The predicted molar refractivity (Wildman–Crippen MR) is 144 cm³/mol. The van der Waals surface area contributed by atoms with Crippen LogP contribution in [-0.2, 0) is 15.1 Å². The molecule has 198 valence electrons. The molecule has 10 heteroatoms. The molecule has 39 heavy (non-hydrogen) atoms. The zero-order chi connectivity index (χ0) is 27.4. The molecule has 1 aromatic heterocycles. The third-order valence-electron chi connectivity index (χ3n) is 6.95. The fraction of sp³-hybridized carbons (Fsp3) is 0.241. The molecule has 1 aliphatic rings. The van der Waals surface area contributed by atoms with E-state index in [0.29, 0.717) is 0 Å². The molecule has 5 rings (SSSR count). The van der Waals surface area contributed by atoms with Gasteiger partial charge in [-0.3, -0.25) is 14.3 Å². The molecule has 0 saturated carbocycles. The summed E-state index contributed by atoms with van der Waals surface area (Å²) in [6, 6.07) is 28.0. The molecular formula is C29H27N5O5. The highest BCUT2D eigenvalue weighted by molar-refractivity contribution is 5.47. The molecule has 4 atom stereocenters. The van der Waals surface area contributed by atoms with Crippen LogP contribution in [0.1, 0.15) is 28.5 Å². The number of aromatic nitrogens is 2. The summed E-state index contributed by atoms with van der Waals surface area (Å²) in [6.07, 6.45) is -2.07. The van der Waals surface area contributed by atoms with Gasteiger partial charge in [0.05, 0.1) is 12.7 Å². The normalized spacial score (nSPS) is 20.9. The van der Waals surface area contributed by atoms with E-state index in [4.69, 9.17) is 9.47 Å². The Labute approximate surface area is 223 Å². The molecular weight excluding hydrogens is 498 g/mol. The van der Waals surface area contributed by atoms with Gasteiger partial charge in [0.15, 0.2) is 0 Å². The van der Waals surface area contributed by atoms with Crippen LogP contribution in [0.4, 0.5) is 0 Å². The number of aryl methyl sites for hydroxylation is 1. The fourth-order valence-electron chi connectivity index (χ4n) is 5.03. The molecule has 1 unspecified atom stereocenters. The van der Waals surface area contributed by atoms with Crippen molar-refractivity contribution in [2.24, 2.45) is 5.11 Å². The molecule has 2 N–H and O–H groups in total. The number of benzene rings is 3. The first-order valence-corrected chi connectivity index (χ1v) is 12.5. The summed E-state index contributed by atoms with van der Waals surface area (Å²) >= 11 is 0. The highest BCUT2D eigenvalue weighted by Crippen LogP contribution is 2.41. The van der Waals surface area contributed by atoms with Crippen LogP contribution in [0, 0.1) is 6.92 Å². The third kappa shape index (κ3) is 4.89. The lowest BCUT2D eigenvalue weighted by molar-refractivity contribution is -0.0945. The van der Waals surface area contributed by atoms with E-state index in [1.807, 2.05) is 91.0 Å². The highest BCUT2D eigenvalue weighted by atomic mass is 16.6. The van der Waals surface area contributed by atoms with Gasteiger partial charge in [0.25, 0.3) is 5.56 Å². The maximum absolute atomic E-state index is 12.6. The standard InChI is InChI=1S/C29H27N5O5/c1-19-17-34(28(37)31-26(19)36)27-24(32-33-30)25(35)23(39-27)18-38-29(20-11-5-2-6-12-20,21-13-7-3-8-14-21)22-15-9-4-10-16-22/h2-17,23-25,27,35H,18H2,1H3,(H,31,36,37)/t23-,24?,25+,27-/m1/s1. The quantitative estimate of drug-likeness (QED) is 0.156. The number of H-pyrrole nitrogens is 1. The Kier molecular flexibility index (Phi) is 7.44. The SMILES string of the molecule is Cc1cn([C@@H]2O[C@H](COC(c3ccccc3)(c3ccccc3)c3ccccc3)[C@H](O)C2N=[N+]=[N-])c(=O)[nH]c1=O. The average molecular weight is 526 g/mol. The summed E-state index contributed by atoms with van der Waals surface area (Å²) in [5, 5.41) is 14.9. The van der Waals surface area contributed by atoms with Crippen molar-refractivity contribution in [3.63, 3.8) is 0 Å². The van der Waals surface area contributed by atoms with Crippen molar-refractivity contribution in [3.05, 3.63) is 151 Å². The van der Waals surface area contributed by atoms with E-state index < -0.39 is 41.3 Å². The number of azide groups is 1. The largest absolute Gasteiger partial charge is 0.390 e. The number of rotatable bonds is 8. The van der Waals surface area contributed by atoms with Crippen molar-refractivity contribution in [1.29, 1.82) is 0 Å². The molecule has 4 aromatic rings. The van der Waals surface area contributed by atoms with Crippen LogP contribution in [0.2, 0.25) is 0 Å². The van der Waals surface area contributed by atoms with Crippen molar-refractivity contribution in [2.75, 3.05) is 6.61 Å². The number of aliphatic hydroxyl groups is 1. The lowest BCUT2D eigenvalue weighted by Gasteiger charge is -2.37. The van der Waals surface area contributed by atoms with Gasteiger partial charge >= 0.3 is 5.69 Å². The maximum Gasteiger partial charge on any atom is 0.330 e. The Hall–Kier alpha value is -4.47. The molecule has 1 fully saturated rings. The average Bonchev–Trinajstić information content (AvgIpc) is 3.27. The predicted octanol–water partition coefficient (Wildman–Crippen LogP) is 3.79. The number of nitrogens with one attached hydrogen (secondary N) is 1. The van der Waals surface area contributed by atoms with E-state index in [-0.39, 0.29) is 12.2 Å². The third-order valence-corrected chi connectivity index (χ3v) is 6.95. The second-order valence-electron chi connectivity index (χ2n) is 9.32. The van der Waals surface area contributed by atoms with E-state index in [2.05, 4.69) is 15.0 Å². The molecule has 0 radical (unpaired) electrons. The van der Waals surface area contributed by atoms with Gasteiger partial charge in [-0.05, 0) is 29.1 Å². The smallest absolute Gasteiger partial charge is 0.330 e. The van der Waals surface area contributed by atoms with E-state index in [1.165, 1.54) is 13.1 Å². The molecule has 0 bridgehead atoms. The van der Waals surface area contributed by atoms with Crippen LogP contribution < -0.4 is 11.2 Å². The first-order chi connectivity index (χ1) is 19.0. The summed E-state index contributed by atoms with van der Waals surface area (Å²) in [7, 11) is 0. The molecule has 1 aliphatic heterocycles. The van der Waals surface area contributed by atoms with Crippen LogP contribution in [0.3, 0.4) is 0 Å². The van der Waals surface area contributed by atoms with E-state index >= 15 is 0 Å². The Bertz CT molecular complexity index is 1490. The van der Waals surface area contributed by atoms with Gasteiger partial charge in [-0.2, -0.15) is 0 Å². The number of hydrogen-bond acceptors (Lipinski definition) is 6. The van der Waals surface area contributed by atoms with E-state index in [9.17, 15) is 20.2 Å². The summed E-state index contributed by atoms with van der Waals surface area (Å²) in [4.78, 5) is 29.6. The van der Waals surface area contributed by atoms with Crippen molar-refractivity contribution in [2.45, 2.75) is 37.0 Å². The number of ether oxygens (including phenoxy) is 2. The Morgan fingerprint density at radius 3 is 1.97 bits per heavy atom. The van der Waals surface area contributed by atoms with E-state index in [1.54, 1.807) is 0 Å². The Balaban J connectivity index is 1.56. The molecule has 1 saturated heterocycles. The Morgan fingerprint density at radius 2 is 1.49 bits per heavy atom. The Morgan fingerprint density at radius 1 is 0.974 bits per heavy atom. The zero-order valence-electron chi connectivity index (χ0n) is 21.1. The van der Waals surface area contributed by atoms with Crippen molar-refractivity contribution in [3.8, 4) is 0 Å². The topological polar surface area (TPSA) is 142 Å². The van der Waals surface area contributed by atoms with Gasteiger partial charge in [-0.15, -0.1) is 0 Å². The van der Waals surface area contributed by atoms with Crippen LogP contribution in [0.15, 0.2) is 112 Å². The lowest BCUT2D eigenvalue weighted by Crippen LogP contribution is -2.39. The minimum absolute atomic E-state index is 0.106. The molecule has 0 aliphatic carbocycles. The zero-order valence-corrected chi connectivity index (χ0v) is 21.1. The summed E-state index contributed by atoms with van der Waals surface area (Å²) in [5.74, 6) is 0. The second-order valence-corrected chi connectivity index (χ2v) is 9.32. The minimum Gasteiger partial charge on any atom is -0.390 e. The van der Waals surface area contributed by atoms with Crippen LogP contribution in [0.25, 0.3) is 10.4 Å². The van der Waals surface area contributed by atoms with Gasteiger partial charge in [0.1, 0.15) is 24.0 Å². The minimum atomic E-state index is -1.29. The molecule has 0 spiro atoms. The van der Waals surface area contributed by atoms with Crippen LogP contribution in [0.5, 0.6) is 0 Å². The maximum atomic E-state index is 12.6. The van der Waals surface area contributed by atoms with Crippen molar-refractivity contribution < 1.29 is 14.6 Å². The number of hydrogen-bond donors (Lipinski definition) is 2. The van der Waals surface area contributed by atoms with E-state index in [0.717, 1.165) is 21.3 Å². The van der Waals surface area contributed by atoms with Gasteiger partial charge in [0.2, 0.25) is 0 Å². The molecule has 10 nitrogen and oxygen atoms in total. The summed E-state index contributed by atoms with van der Waals surface area (Å²) < 4.78 is 14.0. The van der Waals surface area contributed by atoms with Gasteiger partial charge in [-0.1, -0.05) is 96.1 Å². The fourth-order valence-corrected chi connectivity index (χ4v) is 5.03. The summed E-state index contributed by atoms with van der Waals surface area (Å²) in [6.45, 7) is 1.43. The van der Waals surface area contributed by atoms with Crippen LogP contribution >= 0.6 is 0 Å². The van der Waals surface area contributed by atoms with Gasteiger partial charge < -0.3 is 14.6 Å². The molecule has 3 aromatic carbocycles. The van der Waals surface area contributed by atoms with Crippen LogP contribution in [-0.4, -0.2) is 39.5 Å². The first kappa shape index (κ1) is 26.1. The lowest BCUT2D eigenvalue weighted by atomic mass is 9.80. The number of aromatic amines is 1. The number of aliphatic hydroxyl groups excluding tert-OH is 1. The summed E-state index contributed by atoms with van der Waals surface area (Å²) in [5.41, 5.74) is 9.71. The highest BCUT2D eigenvalue weighted by Gasteiger charge is 2.47. The van der Waals surface area contributed by atoms with Gasteiger partial charge in [0, 0.05) is 16.7 Å². The number of nitrogens with zero attached hydrogens (tertiary/aromatic N) is 4. The second kappa shape index (κ2) is 11.1. The molecule has 0 amide bonds. The molecule has 2 heterocycles. The van der Waals surface area contributed by atoms with Crippen molar-refractivity contribution in [1.82, 2.24) is 9.55 Å². The monoisotopic (exact) mass is 525 g/mol. The van der Waals surface area contributed by atoms with Crippen molar-refractivity contribution >= 4 is 0 Å². The first-order valence-electron chi connectivity index (χ1n) is 12.5.